The first kappa shape index (κ1) is 13.3. The highest BCUT2D eigenvalue weighted by molar-refractivity contribution is 7.21. The predicted molar refractivity (Wildman–Crippen MR) is 81.4 cm³/mol. The Morgan fingerprint density at radius 2 is 1.95 bits per heavy atom. The highest BCUT2D eigenvalue weighted by Gasteiger charge is 2.14. The Bertz CT molecular complexity index is 822. The molecule has 0 aliphatic rings. The quantitative estimate of drug-likeness (QED) is 0.592. The molecule has 0 aliphatic heterocycles. The molecule has 0 unspecified atom stereocenters. The second-order valence-corrected chi connectivity index (χ2v) is 6.08. The molecule has 0 saturated carbocycles. The molecule has 1 aromatic heterocycles. The number of thiophene rings is 1. The zero-order valence-electron chi connectivity index (χ0n) is 10.6. The zero-order valence-corrected chi connectivity index (χ0v) is 12.2. The van der Waals surface area contributed by atoms with Crippen molar-refractivity contribution in [2.24, 2.45) is 0 Å². The summed E-state index contributed by atoms with van der Waals surface area (Å²) in [5.41, 5.74) is 1.48. The van der Waals surface area contributed by atoms with Gasteiger partial charge in [0.1, 0.15) is 5.82 Å². The van der Waals surface area contributed by atoms with Crippen molar-refractivity contribution in [1.29, 1.82) is 0 Å². The van der Waals surface area contributed by atoms with Crippen LogP contribution in [0.4, 0.5) is 4.39 Å². The number of hydrogen-bond donors (Lipinski definition) is 0. The van der Waals surface area contributed by atoms with Crippen LogP contribution in [0.3, 0.4) is 0 Å². The van der Waals surface area contributed by atoms with E-state index in [0.29, 0.717) is 15.5 Å². The number of fused-ring (bicyclic) bond motifs is 1. The first-order valence-corrected chi connectivity index (χ1v) is 7.24. The summed E-state index contributed by atoms with van der Waals surface area (Å²) < 4.78 is 13.9. The van der Waals surface area contributed by atoms with Crippen LogP contribution in [0.5, 0.6) is 0 Å². The SMILES string of the molecule is Cc1ccc(C(=O)c2cc3ccc(F)cc3s2)cc1Cl. The average Bonchev–Trinajstić information content (AvgIpc) is 2.84. The Labute approximate surface area is 124 Å². The summed E-state index contributed by atoms with van der Waals surface area (Å²) in [6.45, 7) is 1.89. The number of hydrogen-bond acceptors (Lipinski definition) is 2. The minimum Gasteiger partial charge on any atom is -0.288 e. The Balaban J connectivity index is 2.05. The van der Waals surface area contributed by atoms with E-state index in [4.69, 9.17) is 11.6 Å². The molecular weight excluding hydrogens is 295 g/mol. The van der Waals surface area contributed by atoms with Crippen LogP contribution in [-0.2, 0) is 0 Å². The smallest absolute Gasteiger partial charge is 0.203 e. The van der Waals surface area contributed by atoms with Crippen LogP contribution in [0.25, 0.3) is 10.1 Å². The van der Waals surface area contributed by atoms with E-state index < -0.39 is 0 Å². The van der Waals surface area contributed by atoms with Crippen LogP contribution >= 0.6 is 22.9 Å². The second kappa shape index (κ2) is 5.00. The Morgan fingerprint density at radius 1 is 1.15 bits per heavy atom. The van der Waals surface area contributed by atoms with E-state index in [1.165, 1.54) is 23.5 Å². The number of ketones is 1. The molecule has 1 heterocycles. The van der Waals surface area contributed by atoms with Crippen LogP contribution in [0.15, 0.2) is 42.5 Å². The molecule has 0 amide bonds. The molecule has 0 atom stereocenters. The molecule has 1 nitrogen and oxygen atoms in total. The number of carbonyl (C=O) groups excluding carboxylic acids is 1. The Kier molecular flexibility index (Phi) is 3.32. The van der Waals surface area contributed by atoms with Crippen molar-refractivity contribution in [1.82, 2.24) is 0 Å². The highest BCUT2D eigenvalue weighted by Crippen LogP contribution is 2.29. The number of carbonyl (C=O) groups is 1. The minimum atomic E-state index is -0.295. The van der Waals surface area contributed by atoms with Crippen LogP contribution in [-0.4, -0.2) is 5.78 Å². The first-order valence-electron chi connectivity index (χ1n) is 6.04. The number of halogens is 2. The lowest BCUT2D eigenvalue weighted by atomic mass is 10.1. The summed E-state index contributed by atoms with van der Waals surface area (Å²) in [4.78, 5) is 13.0. The first-order chi connectivity index (χ1) is 9.54. The third-order valence-corrected chi connectivity index (χ3v) is 4.64. The molecule has 0 fully saturated rings. The fourth-order valence-electron chi connectivity index (χ4n) is 1.99. The van der Waals surface area contributed by atoms with Crippen molar-refractivity contribution >= 4 is 38.8 Å². The molecule has 0 N–H and O–H groups in total. The molecule has 0 aliphatic carbocycles. The van der Waals surface area contributed by atoms with E-state index in [1.807, 2.05) is 13.0 Å². The molecule has 0 spiro atoms. The van der Waals surface area contributed by atoms with Gasteiger partial charge in [0.15, 0.2) is 0 Å². The normalized spacial score (nSPS) is 10.9. The van der Waals surface area contributed by atoms with Gasteiger partial charge in [0, 0.05) is 15.3 Å². The van der Waals surface area contributed by atoms with Gasteiger partial charge in [-0.3, -0.25) is 4.79 Å². The number of rotatable bonds is 2. The number of aryl methyl sites for hydroxylation is 1. The van der Waals surface area contributed by atoms with Gasteiger partial charge in [-0.25, -0.2) is 4.39 Å². The van der Waals surface area contributed by atoms with Gasteiger partial charge in [-0.2, -0.15) is 0 Å². The topological polar surface area (TPSA) is 17.1 Å². The van der Waals surface area contributed by atoms with Crippen molar-refractivity contribution in [3.05, 3.63) is 69.3 Å². The van der Waals surface area contributed by atoms with Crippen LogP contribution in [0, 0.1) is 12.7 Å². The maximum atomic E-state index is 13.2. The minimum absolute atomic E-state index is 0.0893. The van der Waals surface area contributed by atoms with Crippen molar-refractivity contribution in [2.45, 2.75) is 6.92 Å². The van der Waals surface area contributed by atoms with E-state index in [9.17, 15) is 9.18 Å². The molecule has 0 saturated heterocycles. The summed E-state index contributed by atoms with van der Waals surface area (Å²) in [7, 11) is 0. The monoisotopic (exact) mass is 304 g/mol. The maximum absolute atomic E-state index is 13.2. The van der Waals surface area contributed by atoms with E-state index in [2.05, 4.69) is 0 Å². The summed E-state index contributed by atoms with van der Waals surface area (Å²) in [5.74, 6) is -0.384. The maximum Gasteiger partial charge on any atom is 0.203 e. The van der Waals surface area contributed by atoms with Crippen molar-refractivity contribution in [3.8, 4) is 0 Å². The molecule has 2 aromatic carbocycles. The molecular formula is C16H10ClFOS. The van der Waals surface area contributed by atoms with Gasteiger partial charge in [-0.15, -0.1) is 11.3 Å². The van der Waals surface area contributed by atoms with Crippen LogP contribution in [0.1, 0.15) is 20.8 Å². The van der Waals surface area contributed by atoms with E-state index in [1.54, 1.807) is 24.3 Å². The molecule has 3 aromatic rings. The summed E-state index contributed by atoms with van der Waals surface area (Å²) in [6.07, 6.45) is 0. The van der Waals surface area contributed by atoms with Crippen molar-refractivity contribution in [3.63, 3.8) is 0 Å². The standard InChI is InChI=1S/C16H10ClFOS/c1-9-2-3-11(6-13(9)17)16(19)15-7-10-4-5-12(18)8-14(10)20-15/h2-8H,1H3. The molecule has 3 rings (SSSR count). The summed E-state index contributed by atoms with van der Waals surface area (Å²) in [5, 5.41) is 1.45. The Morgan fingerprint density at radius 3 is 2.70 bits per heavy atom. The van der Waals surface area contributed by atoms with Gasteiger partial charge in [-0.05, 0) is 42.1 Å². The van der Waals surface area contributed by atoms with Gasteiger partial charge in [-0.1, -0.05) is 29.8 Å². The van der Waals surface area contributed by atoms with E-state index >= 15 is 0 Å². The second-order valence-electron chi connectivity index (χ2n) is 4.59. The number of benzene rings is 2. The molecule has 20 heavy (non-hydrogen) atoms. The fraction of sp³-hybridized carbons (Fsp3) is 0.0625. The van der Waals surface area contributed by atoms with Gasteiger partial charge < -0.3 is 0 Å². The highest BCUT2D eigenvalue weighted by atomic mass is 35.5. The van der Waals surface area contributed by atoms with Crippen LogP contribution < -0.4 is 0 Å². The predicted octanol–water partition coefficient (Wildman–Crippen LogP) is 5.23. The van der Waals surface area contributed by atoms with Gasteiger partial charge in [0.2, 0.25) is 5.78 Å². The van der Waals surface area contributed by atoms with E-state index in [0.717, 1.165) is 15.6 Å². The lowest BCUT2D eigenvalue weighted by Crippen LogP contribution is -1.98. The lowest BCUT2D eigenvalue weighted by molar-refractivity contribution is 0.104. The van der Waals surface area contributed by atoms with Crippen LogP contribution in [0.2, 0.25) is 5.02 Å². The molecule has 100 valence electrons. The van der Waals surface area contributed by atoms with Gasteiger partial charge >= 0.3 is 0 Å². The van der Waals surface area contributed by atoms with Gasteiger partial charge in [0.05, 0.1) is 4.88 Å². The van der Waals surface area contributed by atoms with Crippen molar-refractivity contribution in [2.75, 3.05) is 0 Å². The summed E-state index contributed by atoms with van der Waals surface area (Å²) in [6, 6.07) is 11.6. The van der Waals surface area contributed by atoms with Crippen molar-refractivity contribution < 1.29 is 9.18 Å². The lowest BCUT2D eigenvalue weighted by Gasteiger charge is -2.01. The average molecular weight is 305 g/mol. The zero-order chi connectivity index (χ0) is 14.3. The van der Waals surface area contributed by atoms with E-state index in [-0.39, 0.29) is 11.6 Å². The largest absolute Gasteiger partial charge is 0.288 e. The fourth-order valence-corrected chi connectivity index (χ4v) is 3.22. The third-order valence-electron chi connectivity index (χ3n) is 3.14. The molecule has 0 radical (unpaired) electrons. The molecule has 0 bridgehead atoms. The van der Waals surface area contributed by atoms with Gasteiger partial charge in [0.25, 0.3) is 0 Å². The third kappa shape index (κ3) is 2.35. The Hall–Kier alpha value is -1.71. The summed E-state index contributed by atoms with van der Waals surface area (Å²) >= 11 is 7.34. The molecule has 4 heteroatoms.